The van der Waals surface area contributed by atoms with E-state index >= 15 is 0 Å². The highest BCUT2D eigenvalue weighted by atomic mass is 16.5. The number of hydrogen-bond donors (Lipinski definition) is 2. The van der Waals surface area contributed by atoms with Gasteiger partial charge in [0.25, 0.3) is 0 Å². The second kappa shape index (κ2) is 8.33. The van der Waals surface area contributed by atoms with Crippen LogP contribution in [0, 0.1) is 5.92 Å². The predicted octanol–water partition coefficient (Wildman–Crippen LogP) is 2.45. The number of hydrogen-bond acceptors (Lipinski definition) is 3. The zero-order valence-corrected chi connectivity index (χ0v) is 14.0. The van der Waals surface area contributed by atoms with Crippen LogP contribution < -0.4 is 15.4 Å². The smallest absolute Gasteiger partial charge is 0.225 e. The van der Waals surface area contributed by atoms with E-state index in [1.165, 1.54) is 0 Å². The van der Waals surface area contributed by atoms with E-state index in [1.54, 1.807) is 0 Å². The Balaban J connectivity index is 1.66. The Morgan fingerprint density at radius 3 is 2.44 bits per heavy atom. The van der Waals surface area contributed by atoms with Crippen LogP contribution in [-0.2, 0) is 9.59 Å². The van der Waals surface area contributed by atoms with Crippen LogP contribution >= 0.6 is 0 Å². The molecule has 3 rings (SSSR count). The van der Waals surface area contributed by atoms with Crippen molar-refractivity contribution in [3.05, 3.63) is 66.2 Å². The first kappa shape index (κ1) is 17.0. The standard InChI is InChI=1S/C20H22N2O3/c23-19-12-11-16(13-21-19)20(24)22-18(15-7-3-1-4-8-15)14-25-17-9-5-2-6-10-17/h1-10,16,18H,11-14H2,(H,21,23)(H,22,24)/t16-,18-/m1/s1. The Kier molecular flexibility index (Phi) is 5.67. The average molecular weight is 338 g/mol. The normalized spacial score (nSPS) is 18.1. The minimum absolute atomic E-state index is 0.0103. The Bertz CT molecular complexity index is 693. The van der Waals surface area contributed by atoms with Gasteiger partial charge in [-0.2, -0.15) is 0 Å². The zero-order valence-electron chi connectivity index (χ0n) is 14.0. The van der Waals surface area contributed by atoms with Crippen molar-refractivity contribution >= 4 is 11.8 Å². The SMILES string of the molecule is O=C1CC[C@@H](C(=O)N[C@H](COc2ccccc2)c2ccccc2)CN1. The molecule has 0 bridgehead atoms. The molecular weight excluding hydrogens is 316 g/mol. The second-order valence-electron chi connectivity index (χ2n) is 6.14. The minimum atomic E-state index is -0.244. The van der Waals surface area contributed by atoms with E-state index in [-0.39, 0.29) is 23.8 Å². The Labute approximate surface area is 147 Å². The third-order valence-electron chi connectivity index (χ3n) is 4.31. The number of piperidine rings is 1. The molecular formula is C20H22N2O3. The molecule has 2 aromatic rings. The molecule has 2 atom stereocenters. The summed E-state index contributed by atoms with van der Waals surface area (Å²) >= 11 is 0. The number of benzene rings is 2. The van der Waals surface area contributed by atoms with Crippen molar-refractivity contribution in [1.82, 2.24) is 10.6 Å². The van der Waals surface area contributed by atoms with Crippen LogP contribution in [0.25, 0.3) is 0 Å². The Hall–Kier alpha value is -2.82. The lowest BCUT2D eigenvalue weighted by Gasteiger charge is -2.25. The molecule has 1 aliphatic heterocycles. The molecule has 0 spiro atoms. The summed E-state index contributed by atoms with van der Waals surface area (Å²) in [6, 6.07) is 19.1. The van der Waals surface area contributed by atoms with Gasteiger partial charge in [0.05, 0.1) is 12.0 Å². The number of carbonyl (C=O) groups excluding carboxylic acids is 2. The lowest BCUT2D eigenvalue weighted by atomic mass is 9.97. The molecule has 0 aromatic heterocycles. The summed E-state index contributed by atoms with van der Waals surface area (Å²) < 4.78 is 5.84. The van der Waals surface area contributed by atoms with Gasteiger partial charge in [0, 0.05) is 13.0 Å². The molecule has 0 saturated carbocycles. The van der Waals surface area contributed by atoms with Gasteiger partial charge in [-0.05, 0) is 24.1 Å². The highest BCUT2D eigenvalue weighted by molar-refractivity contribution is 5.83. The summed E-state index contributed by atoms with van der Waals surface area (Å²) in [7, 11) is 0. The van der Waals surface area contributed by atoms with Crippen LogP contribution in [0.5, 0.6) is 5.75 Å². The first-order chi connectivity index (χ1) is 12.2. The van der Waals surface area contributed by atoms with Gasteiger partial charge in [0.1, 0.15) is 12.4 Å². The van der Waals surface area contributed by atoms with E-state index in [0.717, 1.165) is 11.3 Å². The lowest BCUT2D eigenvalue weighted by molar-refractivity contribution is -0.129. The van der Waals surface area contributed by atoms with Gasteiger partial charge in [-0.15, -0.1) is 0 Å². The first-order valence-electron chi connectivity index (χ1n) is 8.52. The molecule has 1 aliphatic rings. The number of para-hydroxylation sites is 1. The fraction of sp³-hybridized carbons (Fsp3) is 0.300. The number of nitrogens with one attached hydrogen (secondary N) is 2. The zero-order chi connectivity index (χ0) is 17.5. The number of ether oxygens (including phenoxy) is 1. The third kappa shape index (κ3) is 4.83. The summed E-state index contributed by atoms with van der Waals surface area (Å²) in [6.07, 6.45) is 0.979. The van der Waals surface area contributed by atoms with Crippen molar-refractivity contribution in [2.75, 3.05) is 13.2 Å². The summed E-state index contributed by atoms with van der Waals surface area (Å²) in [6.45, 7) is 0.741. The first-order valence-corrected chi connectivity index (χ1v) is 8.52. The maximum atomic E-state index is 12.6. The molecule has 1 saturated heterocycles. The molecule has 2 aromatic carbocycles. The minimum Gasteiger partial charge on any atom is -0.491 e. The molecule has 25 heavy (non-hydrogen) atoms. The van der Waals surface area contributed by atoms with Crippen molar-refractivity contribution in [2.24, 2.45) is 5.92 Å². The third-order valence-corrected chi connectivity index (χ3v) is 4.31. The van der Waals surface area contributed by atoms with Crippen LogP contribution in [-0.4, -0.2) is 25.0 Å². The number of rotatable bonds is 6. The van der Waals surface area contributed by atoms with Crippen molar-refractivity contribution in [2.45, 2.75) is 18.9 Å². The van der Waals surface area contributed by atoms with Gasteiger partial charge in [-0.3, -0.25) is 9.59 Å². The summed E-state index contributed by atoms with van der Waals surface area (Å²) in [4.78, 5) is 23.9. The van der Waals surface area contributed by atoms with Crippen LogP contribution in [0.15, 0.2) is 60.7 Å². The van der Waals surface area contributed by atoms with E-state index in [4.69, 9.17) is 4.74 Å². The van der Waals surface area contributed by atoms with Crippen molar-refractivity contribution in [3.63, 3.8) is 0 Å². The molecule has 5 heteroatoms. The summed E-state index contributed by atoms with van der Waals surface area (Å²) in [5.41, 5.74) is 0.992. The molecule has 130 valence electrons. The molecule has 5 nitrogen and oxygen atoms in total. The van der Waals surface area contributed by atoms with Crippen LogP contribution in [0.1, 0.15) is 24.4 Å². The number of carbonyl (C=O) groups is 2. The quantitative estimate of drug-likeness (QED) is 0.850. The van der Waals surface area contributed by atoms with Crippen LogP contribution in [0.2, 0.25) is 0 Å². The average Bonchev–Trinajstić information content (AvgIpc) is 2.67. The Morgan fingerprint density at radius 2 is 1.80 bits per heavy atom. The van der Waals surface area contributed by atoms with E-state index in [0.29, 0.717) is 26.0 Å². The monoisotopic (exact) mass is 338 g/mol. The van der Waals surface area contributed by atoms with E-state index < -0.39 is 0 Å². The van der Waals surface area contributed by atoms with Crippen molar-refractivity contribution < 1.29 is 14.3 Å². The summed E-state index contributed by atoms with van der Waals surface area (Å²) in [5, 5.41) is 5.83. The van der Waals surface area contributed by atoms with Gasteiger partial charge in [-0.25, -0.2) is 0 Å². The van der Waals surface area contributed by atoms with Gasteiger partial charge in [-0.1, -0.05) is 48.5 Å². The van der Waals surface area contributed by atoms with Gasteiger partial charge in [0.15, 0.2) is 0 Å². The highest BCUT2D eigenvalue weighted by Gasteiger charge is 2.26. The maximum absolute atomic E-state index is 12.6. The van der Waals surface area contributed by atoms with E-state index in [9.17, 15) is 9.59 Å². The molecule has 0 aliphatic carbocycles. The Morgan fingerprint density at radius 1 is 1.12 bits per heavy atom. The van der Waals surface area contributed by atoms with Gasteiger partial charge < -0.3 is 15.4 Å². The maximum Gasteiger partial charge on any atom is 0.225 e. The van der Waals surface area contributed by atoms with E-state index in [1.807, 2.05) is 60.7 Å². The van der Waals surface area contributed by atoms with Crippen molar-refractivity contribution in [3.8, 4) is 5.75 Å². The molecule has 1 heterocycles. The fourth-order valence-corrected chi connectivity index (χ4v) is 2.85. The molecule has 2 N–H and O–H groups in total. The summed E-state index contributed by atoms with van der Waals surface area (Å²) in [5.74, 6) is 0.532. The molecule has 1 fully saturated rings. The van der Waals surface area contributed by atoms with Crippen molar-refractivity contribution in [1.29, 1.82) is 0 Å². The molecule has 0 radical (unpaired) electrons. The molecule has 0 unspecified atom stereocenters. The largest absolute Gasteiger partial charge is 0.491 e. The van der Waals surface area contributed by atoms with Crippen LogP contribution in [0.4, 0.5) is 0 Å². The van der Waals surface area contributed by atoms with Crippen LogP contribution in [0.3, 0.4) is 0 Å². The number of amides is 2. The van der Waals surface area contributed by atoms with E-state index in [2.05, 4.69) is 10.6 Å². The second-order valence-corrected chi connectivity index (χ2v) is 6.14. The van der Waals surface area contributed by atoms with Gasteiger partial charge >= 0.3 is 0 Å². The van der Waals surface area contributed by atoms with Gasteiger partial charge in [0.2, 0.25) is 11.8 Å². The predicted molar refractivity (Wildman–Crippen MR) is 95.0 cm³/mol. The highest BCUT2D eigenvalue weighted by Crippen LogP contribution is 2.18. The topological polar surface area (TPSA) is 67.4 Å². The lowest BCUT2D eigenvalue weighted by Crippen LogP contribution is -2.44. The molecule has 2 amide bonds. The fourth-order valence-electron chi connectivity index (χ4n) is 2.85.